The second-order valence-corrected chi connectivity index (χ2v) is 4.55. The fourth-order valence-electron chi connectivity index (χ4n) is 1.28. The minimum absolute atomic E-state index is 0.217. The molecular formula is C9H8Cl2N2S. The Bertz CT molecular complexity index is 404. The zero-order valence-corrected chi connectivity index (χ0v) is 9.88. The first-order valence-electron chi connectivity index (χ1n) is 4.27. The number of fused-ring (bicyclic) bond motifs is 1. The molecule has 1 aromatic rings. The van der Waals surface area contributed by atoms with Crippen LogP contribution in [0.1, 0.15) is 18.9 Å². The van der Waals surface area contributed by atoms with Crippen LogP contribution in [0.15, 0.2) is 16.0 Å². The van der Waals surface area contributed by atoms with Crippen LogP contribution in [0.3, 0.4) is 0 Å². The number of aromatic nitrogens is 2. The van der Waals surface area contributed by atoms with Gasteiger partial charge in [0, 0.05) is 5.56 Å². The fourth-order valence-corrected chi connectivity index (χ4v) is 2.81. The Kier molecular flexibility index (Phi) is 3.00. The molecule has 5 heteroatoms. The van der Waals surface area contributed by atoms with E-state index in [9.17, 15) is 0 Å². The van der Waals surface area contributed by atoms with Crippen molar-refractivity contribution in [2.24, 2.45) is 0 Å². The number of rotatable bonds is 1. The van der Waals surface area contributed by atoms with Crippen molar-refractivity contribution in [1.82, 2.24) is 9.97 Å². The zero-order chi connectivity index (χ0) is 10.1. The summed E-state index contributed by atoms with van der Waals surface area (Å²) in [6.45, 7) is 2.13. The summed E-state index contributed by atoms with van der Waals surface area (Å²) < 4.78 is 0. The summed E-state index contributed by atoms with van der Waals surface area (Å²) >= 11 is 13.3. The zero-order valence-electron chi connectivity index (χ0n) is 7.55. The molecule has 1 aromatic heterocycles. The van der Waals surface area contributed by atoms with Crippen molar-refractivity contribution in [3.63, 3.8) is 0 Å². The van der Waals surface area contributed by atoms with E-state index in [-0.39, 0.29) is 5.28 Å². The van der Waals surface area contributed by atoms with Gasteiger partial charge in [-0.15, -0.1) is 0 Å². The first-order valence-corrected chi connectivity index (χ1v) is 5.90. The number of thioether (sulfide) groups is 1. The highest BCUT2D eigenvalue weighted by Gasteiger charge is 2.17. The highest BCUT2D eigenvalue weighted by molar-refractivity contribution is 8.02. The van der Waals surface area contributed by atoms with E-state index in [1.165, 1.54) is 5.57 Å². The first-order chi connectivity index (χ1) is 6.70. The van der Waals surface area contributed by atoms with E-state index >= 15 is 0 Å². The van der Waals surface area contributed by atoms with Gasteiger partial charge in [0.15, 0.2) is 0 Å². The molecule has 0 saturated heterocycles. The van der Waals surface area contributed by atoms with Crippen LogP contribution < -0.4 is 0 Å². The van der Waals surface area contributed by atoms with Gasteiger partial charge in [-0.1, -0.05) is 35.9 Å². The Labute approximate surface area is 96.7 Å². The Morgan fingerprint density at radius 2 is 2.21 bits per heavy atom. The van der Waals surface area contributed by atoms with Crippen molar-refractivity contribution in [2.45, 2.75) is 24.8 Å². The van der Waals surface area contributed by atoms with Gasteiger partial charge in [0.2, 0.25) is 5.28 Å². The van der Waals surface area contributed by atoms with Crippen molar-refractivity contribution in [3.05, 3.63) is 27.0 Å². The van der Waals surface area contributed by atoms with Crippen LogP contribution in [-0.4, -0.2) is 9.97 Å². The van der Waals surface area contributed by atoms with Gasteiger partial charge in [0.05, 0.1) is 0 Å². The largest absolute Gasteiger partial charge is 0.224 e. The third kappa shape index (κ3) is 1.90. The average Bonchev–Trinajstić information content (AvgIpc) is 2.17. The van der Waals surface area contributed by atoms with Gasteiger partial charge in [-0.3, -0.25) is 0 Å². The summed E-state index contributed by atoms with van der Waals surface area (Å²) in [6.07, 6.45) is 1.88. The van der Waals surface area contributed by atoms with Gasteiger partial charge < -0.3 is 0 Å². The molecule has 0 aromatic carbocycles. The van der Waals surface area contributed by atoms with Crippen LogP contribution in [0.4, 0.5) is 0 Å². The third-order valence-electron chi connectivity index (χ3n) is 2.09. The topological polar surface area (TPSA) is 25.8 Å². The van der Waals surface area contributed by atoms with Gasteiger partial charge in [0.1, 0.15) is 10.2 Å². The van der Waals surface area contributed by atoms with Gasteiger partial charge in [-0.05, 0) is 29.9 Å². The first kappa shape index (κ1) is 10.3. The lowest BCUT2D eigenvalue weighted by Crippen LogP contribution is -2.02. The predicted molar refractivity (Wildman–Crippen MR) is 60.0 cm³/mol. The highest BCUT2D eigenvalue weighted by Crippen LogP contribution is 2.35. The third-order valence-corrected chi connectivity index (χ3v) is 3.58. The lowest BCUT2D eigenvalue weighted by Gasteiger charge is -2.15. The molecule has 0 atom stereocenters. The molecule has 0 radical (unpaired) electrons. The van der Waals surface area contributed by atoms with E-state index in [1.807, 2.05) is 0 Å². The second kappa shape index (κ2) is 4.09. The SMILES string of the molecule is CCC1=CSc2nc(Cl)nc(Cl)c2C1. The van der Waals surface area contributed by atoms with E-state index in [2.05, 4.69) is 22.3 Å². The van der Waals surface area contributed by atoms with Crippen molar-refractivity contribution in [3.8, 4) is 0 Å². The normalized spacial score (nSPS) is 14.9. The molecule has 0 spiro atoms. The van der Waals surface area contributed by atoms with Crippen LogP contribution in [0.2, 0.25) is 10.4 Å². The molecule has 74 valence electrons. The average molecular weight is 247 g/mol. The van der Waals surface area contributed by atoms with Crippen molar-refractivity contribution in [2.75, 3.05) is 0 Å². The minimum Gasteiger partial charge on any atom is -0.211 e. The van der Waals surface area contributed by atoms with Gasteiger partial charge >= 0.3 is 0 Å². The molecule has 2 rings (SSSR count). The van der Waals surface area contributed by atoms with Crippen molar-refractivity contribution in [1.29, 1.82) is 0 Å². The number of hydrogen-bond donors (Lipinski definition) is 0. The molecule has 1 aliphatic heterocycles. The molecule has 14 heavy (non-hydrogen) atoms. The van der Waals surface area contributed by atoms with Crippen LogP contribution in [0, 0.1) is 0 Å². The number of halogens is 2. The van der Waals surface area contributed by atoms with Crippen LogP contribution in [-0.2, 0) is 6.42 Å². The fraction of sp³-hybridized carbons (Fsp3) is 0.333. The molecule has 0 saturated carbocycles. The summed E-state index contributed by atoms with van der Waals surface area (Å²) in [7, 11) is 0. The lowest BCUT2D eigenvalue weighted by atomic mass is 10.1. The molecular weight excluding hydrogens is 239 g/mol. The Balaban J connectivity index is 2.43. The van der Waals surface area contributed by atoms with Gasteiger partial charge in [0.25, 0.3) is 0 Å². The maximum Gasteiger partial charge on any atom is 0.224 e. The molecule has 2 heterocycles. The van der Waals surface area contributed by atoms with E-state index in [0.717, 1.165) is 23.4 Å². The summed E-state index contributed by atoms with van der Waals surface area (Å²) in [6, 6.07) is 0. The summed E-state index contributed by atoms with van der Waals surface area (Å²) in [5.41, 5.74) is 2.36. The van der Waals surface area contributed by atoms with Crippen molar-refractivity contribution >= 4 is 35.0 Å². The Morgan fingerprint density at radius 3 is 2.93 bits per heavy atom. The molecule has 2 nitrogen and oxygen atoms in total. The summed E-state index contributed by atoms with van der Waals surface area (Å²) in [5.74, 6) is 0. The molecule has 1 aliphatic rings. The molecule has 0 unspecified atom stereocenters. The Morgan fingerprint density at radius 1 is 1.43 bits per heavy atom. The molecule has 0 bridgehead atoms. The lowest BCUT2D eigenvalue weighted by molar-refractivity contribution is 0.914. The second-order valence-electron chi connectivity index (χ2n) is 2.99. The maximum atomic E-state index is 5.99. The summed E-state index contributed by atoms with van der Waals surface area (Å²) in [4.78, 5) is 8.07. The van der Waals surface area contributed by atoms with Crippen LogP contribution in [0.5, 0.6) is 0 Å². The van der Waals surface area contributed by atoms with Gasteiger partial charge in [-0.25, -0.2) is 9.97 Å². The Hall–Kier alpha value is -0.250. The van der Waals surface area contributed by atoms with Gasteiger partial charge in [-0.2, -0.15) is 0 Å². The predicted octanol–water partition coefficient (Wildman–Crippen LogP) is 3.73. The van der Waals surface area contributed by atoms with Crippen LogP contribution in [0.25, 0.3) is 0 Å². The highest BCUT2D eigenvalue weighted by atomic mass is 35.5. The maximum absolute atomic E-state index is 5.99. The number of hydrogen-bond acceptors (Lipinski definition) is 3. The van der Waals surface area contributed by atoms with E-state index in [0.29, 0.717) is 5.15 Å². The molecule has 0 fully saturated rings. The number of allylic oxidation sites excluding steroid dienone is 1. The van der Waals surface area contributed by atoms with E-state index in [4.69, 9.17) is 23.2 Å². The molecule has 0 amide bonds. The minimum atomic E-state index is 0.217. The van der Waals surface area contributed by atoms with E-state index in [1.54, 1.807) is 11.8 Å². The molecule has 0 aliphatic carbocycles. The van der Waals surface area contributed by atoms with E-state index < -0.39 is 0 Å². The van der Waals surface area contributed by atoms with Crippen LogP contribution >= 0.6 is 35.0 Å². The summed E-state index contributed by atoms with van der Waals surface area (Å²) in [5, 5.41) is 3.69. The quantitative estimate of drug-likeness (QED) is 0.558. The molecule has 0 N–H and O–H groups in total. The van der Waals surface area contributed by atoms with Crippen molar-refractivity contribution < 1.29 is 0 Å². The number of nitrogens with zero attached hydrogens (tertiary/aromatic N) is 2. The monoisotopic (exact) mass is 246 g/mol. The standard InChI is InChI=1S/C9H8Cl2N2S/c1-2-5-3-6-7(10)12-9(11)13-8(6)14-4-5/h4H,2-3H2,1H3. The smallest absolute Gasteiger partial charge is 0.211 e.